The van der Waals surface area contributed by atoms with Crippen LogP contribution in [0.15, 0.2) is 12.1 Å². The van der Waals surface area contributed by atoms with E-state index < -0.39 is 0 Å². The molecule has 0 aliphatic carbocycles. The van der Waals surface area contributed by atoms with E-state index in [9.17, 15) is 0 Å². The van der Waals surface area contributed by atoms with Crippen molar-refractivity contribution in [3.05, 3.63) is 28.3 Å². The van der Waals surface area contributed by atoms with Crippen molar-refractivity contribution in [1.82, 2.24) is 10.2 Å². The molecule has 0 atom stereocenters. The fourth-order valence-electron chi connectivity index (χ4n) is 2.99. The van der Waals surface area contributed by atoms with Crippen molar-refractivity contribution in [3.63, 3.8) is 0 Å². The lowest BCUT2D eigenvalue weighted by Gasteiger charge is -2.27. The second kappa shape index (κ2) is 9.39. The molecule has 0 amide bonds. The lowest BCUT2D eigenvalue weighted by Crippen LogP contribution is -2.43. The van der Waals surface area contributed by atoms with Crippen molar-refractivity contribution in [1.29, 1.82) is 0 Å². The van der Waals surface area contributed by atoms with E-state index in [1.807, 2.05) is 6.07 Å². The van der Waals surface area contributed by atoms with E-state index in [1.54, 1.807) is 0 Å². The molecule has 0 aromatic heterocycles. The number of nitrogens with one attached hydrogen (secondary N) is 1. The summed E-state index contributed by atoms with van der Waals surface area (Å²) < 4.78 is 5.87. The van der Waals surface area contributed by atoms with Gasteiger partial charge in [-0.2, -0.15) is 0 Å². The molecule has 0 bridgehead atoms. The molecule has 124 valence electrons. The Kier molecular flexibility index (Phi) is 7.50. The first-order chi connectivity index (χ1) is 10.7. The number of hydrogen-bond acceptors (Lipinski definition) is 3. The summed E-state index contributed by atoms with van der Waals surface area (Å²) in [6, 6.07) is 4.09. The van der Waals surface area contributed by atoms with Crippen LogP contribution in [0, 0.1) is 13.8 Å². The van der Waals surface area contributed by atoms with E-state index in [4.69, 9.17) is 16.3 Å². The monoisotopic (exact) mass is 324 g/mol. The molecular formula is C18H29ClN2O. The van der Waals surface area contributed by atoms with Crippen LogP contribution in [0.4, 0.5) is 0 Å². The summed E-state index contributed by atoms with van der Waals surface area (Å²) in [5.41, 5.74) is 2.31. The largest absolute Gasteiger partial charge is 0.492 e. The lowest BCUT2D eigenvalue weighted by molar-refractivity contribution is 0.234. The molecule has 1 aromatic carbocycles. The summed E-state index contributed by atoms with van der Waals surface area (Å²) >= 11 is 6.25. The number of halogens is 1. The molecule has 1 heterocycles. The van der Waals surface area contributed by atoms with Crippen LogP contribution < -0.4 is 10.1 Å². The van der Waals surface area contributed by atoms with Gasteiger partial charge in [0.15, 0.2) is 0 Å². The molecule has 1 saturated heterocycles. The summed E-state index contributed by atoms with van der Waals surface area (Å²) in [7, 11) is 0. The number of nitrogens with zero attached hydrogens (tertiary/aromatic N) is 1. The third kappa shape index (κ3) is 5.79. The minimum Gasteiger partial charge on any atom is -0.492 e. The molecule has 2 rings (SSSR count). The Morgan fingerprint density at radius 3 is 2.55 bits per heavy atom. The van der Waals surface area contributed by atoms with Gasteiger partial charge in [-0.25, -0.2) is 0 Å². The Morgan fingerprint density at radius 2 is 1.82 bits per heavy atom. The fourth-order valence-corrected chi connectivity index (χ4v) is 3.36. The van der Waals surface area contributed by atoms with Crippen molar-refractivity contribution in [2.24, 2.45) is 0 Å². The predicted octanol–water partition coefficient (Wildman–Crippen LogP) is 3.80. The highest BCUT2D eigenvalue weighted by Gasteiger charge is 2.08. The Hall–Kier alpha value is -0.770. The number of rotatable bonds is 8. The van der Waals surface area contributed by atoms with Crippen molar-refractivity contribution >= 4 is 11.6 Å². The maximum Gasteiger partial charge on any atom is 0.140 e. The van der Waals surface area contributed by atoms with Gasteiger partial charge in [-0.05, 0) is 50.4 Å². The summed E-state index contributed by atoms with van der Waals surface area (Å²) in [5, 5.41) is 4.12. The lowest BCUT2D eigenvalue weighted by atomic mass is 10.1. The van der Waals surface area contributed by atoms with Crippen LogP contribution >= 0.6 is 11.6 Å². The highest BCUT2D eigenvalue weighted by Crippen LogP contribution is 2.29. The molecule has 0 unspecified atom stereocenters. The average Bonchev–Trinajstić information content (AvgIpc) is 2.49. The number of ether oxygens (including phenoxy) is 1. The van der Waals surface area contributed by atoms with Crippen LogP contribution in [0.5, 0.6) is 5.75 Å². The molecule has 0 spiro atoms. The van der Waals surface area contributed by atoms with E-state index in [2.05, 4.69) is 30.1 Å². The van der Waals surface area contributed by atoms with Gasteiger partial charge in [0.2, 0.25) is 0 Å². The maximum atomic E-state index is 6.25. The molecule has 1 aromatic rings. The fraction of sp³-hybridized carbons (Fsp3) is 0.667. The minimum absolute atomic E-state index is 0.733. The highest BCUT2D eigenvalue weighted by molar-refractivity contribution is 6.32. The molecule has 0 radical (unpaired) electrons. The summed E-state index contributed by atoms with van der Waals surface area (Å²) in [5.74, 6) is 0.855. The topological polar surface area (TPSA) is 24.5 Å². The van der Waals surface area contributed by atoms with Gasteiger partial charge >= 0.3 is 0 Å². The number of benzene rings is 1. The van der Waals surface area contributed by atoms with Crippen LogP contribution in [0.25, 0.3) is 0 Å². The Bertz CT molecular complexity index is 435. The minimum atomic E-state index is 0.733. The van der Waals surface area contributed by atoms with Crippen LogP contribution in [0.2, 0.25) is 5.02 Å². The standard InChI is InChI=1S/C18H29ClN2O/c1-15-13-16(2)18(17(19)14-15)22-12-6-4-3-5-9-21-10-7-20-8-11-21/h13-14,20H,3-12H2,1-2H3. The Morgan fingerprint density at radius 1 is 1.09 bits per heavy atom. The van der Waals surface area contributed by atoms with Crippen molar-refractivity contribution in [3.8, 4) is 5.75 Å². The molecule has 1 aliphatic heterocycles. The average molecular weight is 325 g/mol. The first-order valence-electron chi connectivity index (χ1n) is 8.49. The van der Waals surface area contributed by atoms with Crippen LogP contribution in [-0.4, -0.2) is 44.2 Å². The normalized spacial score (nSPS) is 16.0. The van der Waals surface area contributed by atoms with Gasteiger partial charge < -0.3 is 15.0 Å². The maximum absolute atomic E-state index is 6.25. The van der Waals surface area contributed by atoms with Gasteiger partial charge in [-0.1, -0.05) is 30.5 Å². The number of piperazine rings is 1. The molecule has 22 heavy (non-hydrogen) atoms. The second-order valence-corrected chi connectivity index (χ2v) is 6.65. The Balaban J connectivity index is 1.56. The van der Waals surface area contributed by atoms with Gasteiger partial charge in [0.25, 0.3) is 0 Å². The Labute approximate surface area is 140 Å². The van der Waals surface area contributed by atoms with E-state index in [0.717, 1.165) is 42.5 Å². The van der Waals surface area contributed by atoms with Gasteiger partial charge in [0.1, 0.15) is 5.75 Å². The molecule has 1 fully saturated rings. The van der Waals surface area contributed by atoms with Crippen molar-refractivity contribution < 1.29 is 4.74 Å². The zero-order chi connectivity index (χ0) is 15.8. The van der Waals surface area contributed by atoms with Gasteiger partial charge in [0.05, 0.1) is 11.6 Å². The van der Waals surface area contributed by atoms with E-state index in [1.165, 1.54) is 44.5 Å². The first kappa shape index (κ1) is 17.6. The number of unbranched alkanes of at least 4 members (excludes halogenated alkanes) is 3. The van der Waals surface area contributed by atoms with Crippen LogP contribution in [0.3, 0.4) is 0 Å². The third-order valence-corrected chi connectivity index (χ3v) is 4.48. The number of hydrogen-bond donors (Lipinski definition) is 1. The summed E-state index contributed by atoms with van der Waals surface area (Å²) in [6.07, 6.45) is 4.91. The molecule has 1 N–H and O–H groups in total. The van der Waals surface area contributed by atoms with Crippen LogP contribution in [0.1, 0.15) is 36.8 Å². The molecule has 4 heteroatoms. The molecule has 1 aliphatic rings. The first-order valence-corrected chi connectivity index (χ1v) is 8.87. The molecule has 3 nitrogen and oxygen atoms in total. The summed E-state index contributed by atoms with van der Waals surface area (Å²) in [6.45, 7) is 10.8. The quantitative estimate of drug-likeness (QED) is 0.736. The van der Waals surface area contributed by atoms with Crippen molar-refractivity contribution in [2.75, 3.05) is 39.3 Å². The zero-order valence-corrected chi connectivity index (χ0v) is 14.7. The SMILES string of the molecule is Cc1cc(C)c(OCCCCCCN2CCNCC2)c(Cl)c1. The van der Waals surface area contributed by atoms with E-state index >= 15 is 0 Å². The zero-order valence-electron chi connectivity index (χ0n) is 14.0. The number of aryl methyl sites for hydroxylation is 2. The van der Waals surface area contributed by atoms with Gasteiger partial charge in [-0.15, -0.1) is 0 Å². The molecular weight excluding hydrogens is 296 g/mol. The smallest absolute Gasteiger partial charge is 0.140 e. The van der Waals surface area contributed by atoms with E-state index in [0.29, 0.717) is 0 Å². The second-order valence-electron chi connectivity index (χ2n) is 6.25. The van der Waals surface area contributed by atoms with Crippen molar-refractivity contribution in [2.45, 2.75) is 39.5 Å². The highest BCUT2D eigenvalue weighted by atomic mass is 35.5. The predicted molar refractivity (Wildman–Crippen MR) is 94.2 cm³/mol. The molecule has 0 saturated carbocycles. The van der Waals surface area contributed by atoms with Gasteiger partial charge in [0, 0.05) is 26.2 Å². The van der Waals surface area contributed by atoms with E-state index in [-0.39, 0.29) is 0 Å². The summed E-state index contributed by atoms with van der Waals surface area (Å²) in [4.78, 5) is 2.56. The third-order valence-electron chi connectivity index (χ3n) is 4.20. The van der Waals surface area contributed by atoms with Gasteiger partial charge in [-0.3, -0.25) is 0 Å². The van der Waals surface area contributed by atoms with Crippen LogP contribution in [-0.2, 0) is 0 Å².